The third-order valence-corrected chi connectivity index (χ3v) is 12.1. The predicted molar refractivity (Wildman–Crippen MR) is 212 cm³/mol. The number of amides is 3. The molecule has 12 nitrogen and oxygen atoms in total. The molecule has 0 spiro atoms. The van der Waals surface area contributed by atoms with E-state index in [1.807, 2.05) is 20.0 Å². The summed E-state index contributed by atoms with van der Waals surface area (Å²) < 4.78 is 5.18. The Morgan fingerprint density at radius 3 is 1.69 bits per heavy atom. The van der Waals surface area contributed by atoms with E-state index < -0.39 is 12.2 Å². The van der Waals surface area contributed by atoms with Gasteiger partial charge in [-0.1, -0.05) is 76.2 Å². The third-order valence-electron chi connectivity index (χ3n) is 12.1. The molecule has 0 radical (unpaired) electrons. The highest BCUT2D eigenvalue weighted by Crippen LogP contribution is 2.37. The molecular formula is C43H56N8O4. The molecule has 12 heteroatoms. The minimum absolute atomic E-state index is 0.00481. The summed E-state index contributed by atoms with van der Waals surface area (Å²) in [7, 11) is 0. The number of benzene rings is 2. The van der Waals surface area contributed by atoms with Crippen LogP contribution in [-0.4, -0.2) is 90.9 Å². The van der Waals surface area contributed by atoms with E-state index in [2.05, 4.69) is 87.1 Å². The van der Waals surface area contributed by atoms with Gasteiger partial charge in [0.15, 0.2) is 6.10 Å². The highest BCUT2D eigenvalue weighted by Gasteiger charge is 2.39. The van der Waals surface area contributed by atoms with Crippen molar-refractivity contribution in [3.05, 3.63) is 72.6 Å². The minimum Gasteiger partial charge on any atom is -0.436 e. The Morgan fingerprint density at radius 1 is 0.745 bits per heavy atom. The Balaban J connectivity index is 0.972. The summed E-state index contributed by atoms with van der Waals surface area (Å²) >= 11 is 0. The second-order valence-corrected chi connectivity index (χ2v) is 15.7. The van der Waals surface area contributed by atoms with Crippen molar-refractivity contribution in [3.63, 3.8) is 0 Å². The van der Waals surface area contributed by atoms with Gasteiger partial charge in [-0.15, -0.1) is 0 Å². The summed E-state index contributed by atoms with van der Waals surface area (Å²) in [5.74, 6) is 1.57. The molecule has 4 aromatic rings. The van der Waals surface area contributed by atoms with Crippen LogP contribution in [0.15, 0.2) is 60.9 Å². The molecule has 2 saturated heterocycles. The average molecular weight is 749 g/mol. The second-order valence-electron chi connectivity index (χ2n) is 15.7. The van der Waals surface area contributed by atoms with E-state index in [-0.39, 0.29) is 29.8 Å². The maximum Gasteiger partial charge on any atom is 0.405 e. The van der Waals surface area contributed by atoms with Gasteiger partial charge in [0.05, 0.1) is 35.9 Å². The molecule has 3 atom stereocenters. The Hall–Kier alpha value is -4.97. The number of primary amides is 1. The zero-order chi connectivity index (χ0) is 38.6. The van der Waals surface area contributed by atoms with Crippen LogP contribution in [0.1, 0.15) is 103 Å². The molecule has 3 amide bonds. The number of carbonyl (C=O) groups is 3. The fourth-order valence-electron chi connectivity index (χ4n) is 9.04. The molecule has 292 valence electrons. The fourth-order valence-corrected chi connectivity index (χ4v) is 9.04. The van der Waals surface area contributed by atoms with Gasteiger partial charge in [-0.2, -0.15) is 0 Å². The van der Waals surface area contributed by atoms with Crippen molar-refractivity contribution in [2.75, 3.05) is 26.2 Å². The van der Waals surface area contributed by atoms with Crippen LogP contribution in [0.25, 0.3) is 33.6 Å². The molecule has 3 aliphatic rings. The number of hydrogen-bond donors (Lipinski definition) is 3. The molecule has 4 N–H and O–H groups in total. The number of H-pyrrole nitrogens is 2. The lowest BCUT2D eigenvalue weighted by Gasteiger charge is -2.37. The Labute approximate surface area is 324 Å². The lowest BCUT2D eigenvalue weighted by atomic mass is 9.84. The first-order chi connectivity index (χ1) is 26.6. The van der Waals surface area contributed by atoms with Gasteiger partial charge in [0.2, 0.25) is 5.91 Å². The number of ether oxygens (including phenoxy) is 1. The van der Waals surface area contributed by atoms with Gasteiger partial charge in [0.25, 0.3) is 5.91 Å². The Kier molecular flexibility index (Phi) is 11.7. The van der Waals surface area contributed by atoms with Crippen molar-refractivity contribution in [1.82, 2.24) is 34.6 Å². The zero-order valence-corrected chi connectivity index (χ0v) is 32.7. The number of likely N-dealkylation sites (tertiary alicyclic amines) is 2. The first-order valence-electron chi connectivity index (χ1n) is 20.3. The van der Waals surface area contributed by atoms with Crippen molar-refractivity contribution in [2.45, 2.75) is 103 Å². The maximum absolute atomic E-state index is 13.7. The van der Waals surface area contributed by atoms with Crippen LogP contribution in [0.4, 0.5) is 4.79 Å². The van der Waals surface area contributed by atoms with Crippen molar-refractivity contribution in [1.29, 1.82) is 0 Å². The fraction of sp³-hybridized carbons (Fsp3) is 0.512. The molecule has 0 unspecified atom stereocenters. The summed E-state index contributed by atoms with van der Waals surface area (Å²) in [5, 5.41) is 0. The SMILES string of the molecule is CCN(CC)C1CCC(C(=O)N2CCC[C@H]2c2ncc(-c3ccc(-c4ccc(-c5cnc([C@@H]6CCCN6C(=O)[C@@H](OC(N)=O)C(C)C)[nH]5)cc4)cc3)[nH]2)CC1. The number of aromatic amines is 2. The summed E-state index contributed by atoms with van der Waals surface area (Å²) in [6, 6.07) is 17.2. The zero-order valence-electron chi connectivity index (χ0n) is 32.7. The molecule has 1 aliphatic carbocycles. The summed E-state index contributed by atoms with van der Waals surface area (Å²) in [5.41, 5.74) is 11.3. The number of rotatable bonds is 12. The first-order valence-corrected chi connectivity index (χ1v) is 20.3. The first kappa shape index (κ1) is 38.3. The maximum atomic E-state index is 13.7. The lowest BCUT2D eigenvalue weighted by Crippen LogP contribution is -2.44. The lowest BCUT2D eigenvalue weighted by molar-refractivity contribution is -0.143. The standard InChI is InChI=1S/C43H56N8O4/c1-5-49(6-2)33-21-19-32(20-22-33)41(52)50-23-7-9-36(50)39-45-25-34(47-39)30-15-11-28(12-16-30)29-13-17-31(18-14-29)35-26-46-40(48-35)37-10-8-24-51(37)42(53)38(27(3)4)55-43(44)54/h11-18,25-27,32-33,36-38H,5-10,19-24H2,1-4H3,(H2,44,54)(H,45,47)(H,46,48)/t32?,33?,36-,37-,38-/m0/s1. The molecule has 7 rings (SSSR count). The largest absolute Gasteiger partial charge is 0.436 e. The predicted octanol–water partition coefficient (Wildman–Crippen LogP) is 7.48. The van der Waals surface area contributed by atoms with Gasteiger partial charge in [0, 0.05) is 25.0 Å². The van der Waals surface area contributed by atoms with E-state index in [0.717, 1.165) is 110 Å². The Morgan fingerprint density at radius 2 is 1.22 bits per heavy atom. The highest BCUT2D eigenvalue weighted by atomic mass is 16.6. The molecule has 2 aliphatic heterocycles. The van der Waals surface area contributed by atoms with Crippen LogP contribution in [0.3, 0.4) is 0 Å². The van der Waals surface area contributed by atoms with Gasteiger partial charge in [0.1, 0.15) is 11.6 Å². The van der Waals surface area contributed by atoms with Gasteiger partial charge >= 0.3 is 6.09 Å². The molecule has 2 aromatic carbocycles. The number of imidazole rings is 2. The average Bonchev–Trinajstić information content (AvgIpc) is 4.04. The quantitative estimate of drug-likeness (QED) is 0.136. The van der Waals surface area contributed by atoms with Gasteiger partial charge in [-0.25, -0.2) is 14.8 Å². The third kappa shape index (κ3) is 8.20. The number of nitrogens with one attached hydrogen (secondary N) is 2. The molecule has 3 fully saturated rings. The van der Waals surface area contributed by atoms with Gasteiger partial charge in [-0.05, 0) is 92.6 Å². The number of hydrogen-bond acceptors (Lipinski definition) is 7. The normalized spacial score (nSPS) is 22.1. The summed E-state index contributed by atoms with van der Waals surface area (Å²) in [6.07, 6.45) is 9.54. The summed E-state index contributed by atoms with van der Waals surface area (Å²) in [6.45, 7) is 11.7. The monoisotopic (exact) mass is 748 g/mol. The van der Waals surface area contributed by atoms with Crippen LogP contribution < -0.4 is 5.73 Å². The van der Waals surface area contributed by atoms with Crippen molar-refractivity contribution in [3.8, 4) is 33.6 Å². The molecule has 2 aromatic heterocycles. The van der Waals surface area contributed by atoms with Crippen molar-refractivity contribution >= 4 is 17.9 Å². The number of nitrogens with zero attached hydrogens (tertiary/aromatic N) is 5. The van der Waals surface area contributed by atoms with E-state index in [1.54, 1.807) is 11.1 Å². The van der Waals surface area contributed by atoms with Crippen LogP contribution in [0.5, 0.6) is 0 Å². The number of nitrogens with two attached hydrogens (primary N) is 1. The number of carbonyl (C=O) groups excluding carboxylic acids is 3. The van der Waals surface area contributed by atoms with E-state index in [0.29, 0.717) is 24.3 Å². The molecule has 1 saturated carbocycles. The van der Waals surface area contributed by atoms with Crippen molar-refractivity contribution < 1.29 is 19.1 Å². The van der Waals surface area contributed by atoms with Crippen LogP contribution in [0, 0.1) is 11.8 Å². The van der Waals surface area contributed by atoms with Crippen LogP contribution in [-0.2, 0) is 14.3 Å². The van der Waals surface area contributed by atoms with E-state index in [4.69, 9.17) is 15.5 Å². The molecule has 4 heterocycles. The molecular weight excluding hydrogens is 693 g/mol. The smallest absolute Gasteiger partial charge is 0.405 e. The van der Waals surface area contributed by atoms with Gasteiger partial charge < -0.3 is 35.1 Å². The highest BCUT2D eigenvalue weighted by molar-refractivity contribution is 5.84. The van der Waals surface area contributed by atoms with Crippen LogP contribution in [0.2, 0.25) is 0 Å². The van der Waals surface area contributed by atoms with Gasteiger partial charge in [-0.3, -0.25) is 9.59 Å². The van der Waals surface area contributed by atoms with E-state index in [1.165, 1.54) is 0 Å². The number of aromatic nitrogens is 4. The van der Waals surface area contributed by atoms with Crippen molar-refractivity contribution in [2.24, 2.45) is 17.6 Å². The second kappa shape index (κ2) is 16.8. The topological polar surface area (TPSA) is 154 Å². The summed E-state index contributed by atoms with van der Waals surface area (Å²) in [4.78, 5) is 61.4. The Bertz CT molecular complexity index is 1920. The van der Waals surface area contributed by atoms with E-state index >= 15 is 0 Å². The molecule has 0 bridgehead atoms. The van der Waals surface area contributed by atoms with E-state index in [9.17, 15) is 14.4 Å². The van der Waals surface area contributed by atoms with Crippen LogP contribution >= 0.6 is 0 Å². The molecule has 55 heavy (non-hydrogen) atoms. The minimum atomic E-state index is -0.950.